The minimum atomic E-state index is -6.35. The van der Waals surface area contributed by atoms with Crippen molar-refractivity contribution in [2.24, 2.45) is 0 Å². The quantitative estimate of drug-likeness (QED) is 0.0415. The van der Waals surface area contributed by atoms with Crippen molar-refractivity contribution >= 4 is 26.9 Å². The predicted molar refractivity (Wildman–Crippen MR) is 196 cm³/mol. The van der Waals surface area contributed by atoms with Crippen molar-refractivity contribution < 1.29 is 43.2 Å². The van der Waals surface area contributed by atoms with Crippen LogP contribution < -0.4 is 0 Å². The van der Waals surface area contributed by atoms with Gasteiger partial charge in [0.05, 0.1) is 0 Å². The molecule has 0 heterocycles. The first kappa shape index (κ1) is 50.0. The molecule has 0 unspecified atom stereocenters. The van der Waals surface area contributed by atoms with E-state index in [2.05, 4.69) is 27.7 Å². The summed E-state index contributed by atoms with van der Waals surface area (Å²) in [5.74, 6) is 0. The Kier molecular flexibility index (Phi) is 29.7. The Balaban J connectivity index is 0. The zero-order valence-corrected chi connectivity index (χ0v) is 33.4. The number of halogens is 6. The third-order valence-electron chi connectivity index (χ3n) is 9.26. The fraction of sp³-hybridized carbons (Fsp3) is 1.00. The van der Waals surface area contributed by atoms with Crippen molar-refractivity contribution in [3.05, 3.63) is 0 Å². The molecule has 0 atom stereocenters. The topological polar surface area (TPSA) is 68.3 Å². The van der Waals surface area contributed by atoms with Crippen LogP contribution in [0.3, 0.4) is 0 Å². The molecule has 13 heteroatoms. The van der Waals surface area contributed by atoms with Crippen LogP contribution in [0.15, 0.2) is 0 Å². The predicted octanol–water partition coefficient (Wildman–Crippen LogP) is 13.0. The van der Waals surface area contributed by atoms with E-state index in [4.69, 9.17) is 0 Å². The van der Waals surface area contributed by atoms with Crippen LogP contribution in [-0.2, 0) is 19.7 Å². The van der Waals surface area contributed by atoms with Crippen LogP contribution in [0.1, 0.15) is 182 Å². The molecule has 0 fully saturated rings. The summed E-state index contributed by atoms with van der Waals surface area (Å²) in [5.41, 5.74) is -12.1. The second kappa shape index (κ2) is 28.5. The van der Waals surface area contributed by atoms with Crippen LogP contribution in [0.25, 0.3) is 0 Å². The van der Waals surface area contributed by atoms with Gasteiger partial charge in [0.15, 0.2) is 5.08 Å². The molecule has 0 saturated carbocycles. The fourth-order valence-corrected chi connectivity index (χ4v) is 14.4. The number of unbranched alkanes of at least 4 members (excludes halogenated alkanes) is 20. The second-order valence-corrected chi connectivity index (χ2v) is 23.1. The van der Waals surface area contributed by atoms with Crippen LogP contribution >= 0.6 is 7.26 Å². The SMILES string of the molecule is CCCCCCCCCCCCCC[PH](CCCCCC)(CCCCCC)CCCCCC.O=S(=O)(CS(=O)(=O)C(F)(F)F)C(F)(F)F. The van der Waals surface area contributed by atoms with Crippen LogP contribution in [0.2, 0.25) is 0 Å². The minimum absolute atomic E-state index is 1.04. The Hall–Kier alpha value is -0.0900. The van der Waals surface area contributed by atoms with Gasteiger partial charge < -0.3 is 0 Å². The molecule has 0 aliphatic rings. The van der Waals surface area contributed by atoms with Crippen molar-refractivity contribution in [1.29, 1.82) is 0 Å². The summed E-state index contributed by atoms with van der Waals surface area (Å²) < 4.78 is 110. The van der Waals surface area contributed by atoms with Crippen molar-refractivity contribution in [1.82, 2.24) is 0 Å². The normalized spacial score (nSPS) is 13.4. The maximum atomic E-state index is 11.5. The molecule has 0 aromatic carbocycles. The molecule has 0 aliphatic heterocycles. The number of rotatable bonds is 30. The number of hydrogen-bond donors (Lipinski definition) is 0. The van der Waals surface area contributed by atoms with Gasteiger partial charge in [-0.2, -0.15) is 26.3 Å². The van der Waals surface area contributed by atoms with E-state index in [9.17, 15) is 43.2 Å². The Morgan fingerprint density at radius 3 is 0.750 bits per heavy atom. The van der Waals surface area contributed by atoms with E-state index in [0.717, 1.165) is 0 Å². The summed E-state index contributed by atoms with van der Waals surface area (Å²) in [6, 6.07) is 0. The second-order valence-electron chi connectivity index (χ2n) is 13.8. The minimum Gasteiger partial charge on any atom is -0.218 e. The molecule has 0 aliphatic carbocycles. The molecular formula is C35H71F6O4PS2. The molecule has 4 nitrogen and oxygen atoms in total. The zero-order chi connectivity index (χ0) is 37.0. The first-order chi connectivity index (χ1) is 22.4. The maximum Gasteiger partial charge on any atom is 0.498 e. The van der Waals surface area contributed by atoms with Gasteiger partial charge >= 0.3 is 211 Å². The van der Waals surface area contributed by atoms with Gasteiger partial charge in [-0.3, -0.25) is 0 Å². The van der Waals surface area contributed by atoms with E-state index in [-0.39, 0.29) is 0 Å². The van der Waals surface area contributed by atoms with Gasteiger partial charge in [-0.15, -0.1) is 0 Å². The molecule has 0 amide bonds. The van der Waals surface area contributed by atoms with Gasteiger partial charge in [-0.1, -0.05) is 13.3 Å². The Bertz CT molecular complexity index is 882. The summed E-state index contributed by atoms with van der Waals surface area (Å²) in [7, 11) is -13.7. The average molecular weight is 765 g/mol. The van der Waals surface area contributed by atoms with Crippen molar-refractivity contribution in [2.75, 3.05) is 29.7 Å². The van der Waals surface area contributed by atoms with Crippen LogP contribution in [0.4, 0.5) is 26.3 Å². The van der Waals surface area contributed by atoms with E-state index in [1.54, 1.807) is 50.3 Å². The third-order valence-corrected chi connectivity index (χ3v) is 18.8. The molecule has 0 rings (SSSR count). The molecule has 48 heavy (non-hydrogen) atoms. The molecule has 0 saturated heterocycles. The van der Waals surface area contributed by atoms with Gasteiger partial charge in [0, 0.05) is 0 Å². The van der Waals surface area contributed by atoms with Gasteiger partial charge in [0.25, 0.3) is 19.7 Å². The van der Waals surface area contributed by atoms with Crippen molar-refractivity contribution in [2.45, 2.75) is 193 Å². The van der Waals surface area contributed by atoms with Gasteiger partial charge in [-0.05, 0) is 0 Å². The summed E-state index contributed by atoms with van der Waals surface area (Å²) in [4.78, 5) is 0. The number of alkyl halides is 6. The van der Waals surface area contributed by atoms with Crippen LogP contribution in [0.5, 0.6) is 0 Å². The monoisotopic (exact) mass is 764 g/mol. The largest absolute Gasteiger partial charge is 0.498 e. The van der Waals surface area contributed by atoms with E-state index in [1.807, 2.05) is 0 Å². The van der Waals surface area contributed by atoms with E-state index in [1.165, 1.54) is 128 Å². The van der Waals surface area contributed by atoms with Crippen molar-refractivity contribution in [3.63, 3.8) is 0 Å². The smallest absolute Gasteiger partial charge is 0.218 e. The maximum absolute atomic E-state index is 11.5. The third kappa shape index (κ3) is 25.8. The van der Waals surface area contributed by atoms with Gasteiger partial charge in [0.2, 0.25) is 0 Å². The number of hydrogen-bond acceptors (Lipinski definition) is 4. The molecule has 0 aromatic heterocycles. The first-order valence-corrected chi connectivity index (χ1v) is 25.2. The van der Waals surface area contributed by atoms with E-state index >= 15 is 0 Å². The Morgan fingerprint density at radius 1 is 0.354 bits per heavy atom. The molecule has 0 bridgehead atoms. The summed E-state index contributed by atoms with van der Waals surface area (Å²) in [6.07, 6.45) is 42.3. The molecule has 0 spiro atoms. The van der Waals surface area contributed by atoms with E-state index < -0.39 is 43.0 Å². The summed E-state index contributed by atoms with van der Waals surface area (Å²) in [6.45, 7) is 9.42. The first-order valence-electron chi connectivity index (χ1n) is 19.0. The summed E-state index contributed by atoms with van der Waals surface area (Å²) >= 11 is 0. The van der Waals surface area contributed by atoms with Crippen LogP contribution in [0, 0.1) is 0 Å². The molecule has 0 aromatic rings. The van der Waals surface area contributed by atoms with E-state index in [0.29, 0.717) is 0 Å². The molecule has 0 radical (unpaired) electrons. The standard InChI is InChI=1S/C32H69P.C3H2F6O4S2/c1-5-9-13-17-18-19-20-21-22-23-24-28-32-33(29-25-14-10-6-2,30-26-15-11-7-3)31-27-16-12-8-4;4-2(5,6)14(10,11)1-15(12,13)3(7,8)9/h33H,5-32H2,1-4H3;1H2. The number of sulfone groups is 2. The molecular weight excluding hydrogens is 693 g/mol. The fourth-order valence-electron chi connectivity index (χ4n) is 6.21. The average Bonchev–Trinajstić information content (AvgIpc) is 2.99. The Morgan fingerprint density at radius 2 is 0.542 bits per heavy atom. The van der Waals surface area contributed by atoms with Gasteiger partial charge in [-0.25, -0.2) is 16.8 Å². The van der Waals surface area contributed by atoms with Crippen LogP contribution in [-0.4, -0.2) is 57.6 Å². The zero-order valence-electron chi connectivity index (χ0n) is 30.7. The summed E-state index contributed by atoms with van der Waals surface area (Å²) in [5, 5.41) is -3.03. The molecule has 294 valence electrons. The van der Waals surface area contributed by atoms with Crippen molar-refractivity contribution in [3.8, 4) is 0 Å². The molecule has 0 N–H and O–H groups in total. The van der Waals surface area contributed by atoms with Gasteiger partial charge in [0.1, 0.15) is 0 Å². The Labute approximate surface area is 291 Å².